The predicted molar refractivity (Wildman–Crippen MR) is 80.3 cm³/mol. The van der Waals surface area contributed by atoms with E-state index in [4.69, 9.17) is 0 Å². The standard InChI is InChI=1S/C17H26N2/c1-13-4-5-15(10-14(13)2)11-19-9-8-18-17(3,12-19)16-6-7-16/h4-5,10,16,18H,6-9,11-12H2,1-3H3. The van der Waals surface area contributed by atoms with Crippen LogP contribution in [-0.4, -0.2) is 30.1 Å². The molecule has 1 saturated heterocycles. The van der Waals surface area contributed by atoms with Gasteiger partial charge in [-0.1, -0.05) is 18.2 Å². The minimum absolute atomic E-state index is 0.359. The molecule has 2 nitrogen and oxygen atoms in total. The molecule has 0 bridgehead atoms. The average molecular weight is 258 g/mol. The molecule has 1 saturated carbocycles. The molecule has 0 amide bonds. The fourth-order valence-corrected chi connectivity index (χ4v) is 3.39. The maximum atomic E-state index is 3.75. The van der Waals surface area contributed by atoms with E-state index < -0.39 is 0 Å². The Kier molecular flexibility index (Phi) is 3.40. The van der Waals surface area contributed by atoms with Crippen LogP contribution in [0.5, 0.6) is 0 Å². The van der Waals surface area contributed by atoms with Gasteiger partial charge < -0.3 is 5.32 Å². The van der Waals surface area contributed by atoms with Gasteiger partial charge in [0.05, 0.1) is 0 Å². The van der Waals surface area contributed by atoms with Crippen LogP contribution >= 0.6 is 0 Å². The third kappa shape index (κ3) is 2.85. The van der Waals surface area contributed by atoms with Gasteiger partial charge in [-0.25, -0.2) is 0 Å². The molecule has 3 rings (SSSR count). The number of rotatable bonds is 3. The molecule has 19 heavy (non-hydrogen) atoms. The van der Waals surface area contributed by atoms with E-state index >= 15 is 0 Å². The Labute approximate surface area is 117 Å². The van der Waals surface area contributed by atoms with E-state index in [0.717, 1.165) is 19.0 Å². The third-order valence-electron chi connectivity index (χ3n) is 4.96. The van der Waals surface area contributed by atoms with Crippen molar-refractivity contribution in [1.29, 1.82) is 0 Å². The molecular formula is C17H26N2. The zero-order valence-electron chi connectivity index (χ0n) is 12.5. The number of aryl methyl sites for hydroxylation is 2. The molecule has 0 radical (unpaired) electrons. The van der Waals surface area contributed by atoms with E-state index in [1.807, 2.05) is 0 Å². The predicted octanol–water partition coefficient (Wildman–Crippen LogP) is 2.88. The molecule has 1 aliphatic carbocycles. The lowest BCUT2D eigenvalue weighted by atomic mass is 9.92. The lowest BCUT2D eigenvalue weighted by molar-refractivity contribution is 0.121. The van der Waals surface area contributed by atoms with Crippen LogP contribution in [0.3, 0.4) is 0 Å². The summed E-state index contributed by atoms with van der Waals surface area (Å²) in [6, 6.07) is 6.90. The lowest BCUT2D eigenvalue weighted by Crippen LogP contribution is -2.59. The minimum Gasteiger partial charge on any atom is -0.309 e. The van der Waals surface area contributed by atoms with Crippen LogP contribution < -0.4 is 5.32 Å². The van der Waals surface area contributed by atoms with E-state index in [2.05, 4.69) is 49.2 Å². The van der Waals surface area contributed by atoms with Crippen LogP contribution in [0.1, 0.15) is 36.5 Å². The third-order valence-corrected chi connectivity index (χ3v) is 4.96. The molecule has 104 valence electrons. The number of hydrogen-bond acceptors (Lipinski definition) is 2. The van der Waals surface area contributed by atoms with Gasteiger partial charge in [-0.15, -0.1) is 0 Å². The number of benzene rings is 1. The van der Waals surface area contributed by atoms with Gasteiger partial charge in [-0.05, 0) is 56.2 Å². The summed E-state index contributed by atoms with van der Waals surface area (Å²) >= 11 is 0. The Morgan fingerprint density at radius 2 is 2.05 bits per heavy atom. The summed E-state index contributed by atoms with van der Waals surface area (Å²) in [5.41, 5.74) is 4.63. The summed E-state index contributed by atoms with van der Waals surface area (Å²) in [5.74, 6) is 0.912. The smallest absolute Gasteiger partial charge is 0.0309 e. The quantitative estimate of drug-likeness (QED) is 0.897. The Balaban J connectivity index is 1.67. The molecule has 1 aromatic rings. The summed E-state index contributed by atoms with van der Waals surface area (Å²) < 4.78 is 0. The maximum absolute atomic E-state index is 3.75. The van der Waals surface area contributed by atoms with E-state index in [0.29, 0.717) is 5.54 Å². The second-order valence-corrected chi connectivity index (χ2v) is 6.75. The van der Waals surface area contributed by atoms with Gasteiger partial charge in [-0.2, -0.15) is 0 Å². The SMILES string of the molecule is Cc1ccc(CN2CCNC(C)(C3CC3)C2)cc1C. The summed E-state index contributed by atoms with van der Waals surface area (Å²) in [5, 5.41) is 3.75. The number of nitrogens with zero attached hydrogens (tertiary/aromatic N) is 1. The fourth-order valence-electron chi connectivity index (χ4n) is 3.39. The van der Waals surface area contributed by atoms with Crippen molar-refractivity contribution in [2.24, 2.45) is 5.92 Å². The van der Waals surface area contributed by atoms with Crippen LogP contribution in [0.15, 0.2) is 18.2 Å². The van der Waals surface area contributed by atoms with Crippen LogP contribution in [0.2, 0.25) is 0 Å². The molecule has 1 heterocycles. The Morgan fingerprint density at radius 3 is 2.74 bits per heavy atom. The van der Waals surface area contributed by atoms with Gasteiger partial charge in [0, 0.05) is 31.7 Å². The van der Waals surface area contributed by atoms with Crippen molar-refractivity contribution in [3.63, 3.8) is 0 Å². The van der Waals surface area contributed by atoms with Crippen LogP contribution in [0.4, 0.5) is 0 Å². The zero-order valence-corrected chi connectivity index (χ0v) is 12.5. The van der Waals surface area contributed by atoms with E-state index in [1.165, 1.54) is 42.6 Å². The second kappa shape index (κ2) is 4.92. The molecule has 1 atom stereocenters. The van der Waals surface area contributed by atoms with Gasteiger partial charge in [-0.3, -0.25) is 4.90 Å². The summed E-state index contributed by atoms with van der Waals surface area (Å²) in [6.45, 7) is 11.4. The zero-order chi connectivity index (χ0) is 13.5. The van der Waals surface area contributed by atoms with E-state index in [9.17, 15) is 0 Å². The highest BCUT2D eigenvalue weighted by Crippen LogP contribution is 2.40. The highest BCUT2D eigenvalue weighted by atomic mass is 15.2. The van der Waals surface area contributed by atoms with E-state index in [-0.39, 0.29) is 0 Å². The van der Waals surface area contributed by atoms with Crippen LogP contribution in [-0.2, 0) is 6.54 Å². The number of nitrogens with one attached hydrogen (secondary N) is 1. The van der Waals surface area contributed by atoms with Crippen molar-refractivity contribution in [2.75, 3.05) is 19.6 Å². The lowest BCUT2D eigenvalue weighted by Gasteiger charge is -2.42. The van der Waals surface area contributed by atoms with Crippen molar-refractivity contribution < 1.29 is 0 Å². The Hall–Kier alpha value is -0.860. The summed E-state index contributed by atoms with van der Waals surface area (Å²) in [4.78, 5) is 2.62. The Bertz CT molecular complexity index is 464. The average Bonchev–Trinajstić information content (AvgIpc) is 3.18. The van der Waals surface area contributed by atoms with Gasteiger partial charge in [0.15, 0.2) is 0 Å². The van der Waals surface area contributed by atoms with Crippen LogP contribution in [0.25, 0.3) is 0 Å². The summed E-state index contributed by atoms with van der Waals surface area (Å²) in [7, 11) is 0. The Morgan fingerprint density at radius 1 is 1.26 bits per heavy atom. The molecule has 1 N–H and O–H groups in total. The highest BCUT2D eigenvalue weighted by molar-refractivity contribution is 5.29. The molecule has 0 aromatic heterocycles. The number of hydrogen-bond donors (Lipinski definition) is 1. The maximum Gasteiger partial charge on any atom is 0.0309 e. The largest absolute Gasteiger partial charge is 0.309 e. The highest BCUT2D eigenvalue weighted by Gasteiger charge is 2.43. The van der Waals surface area contributed by atoms with Gasteiger partial charge in [0.25, 0.3) is 0 Å². The van der Waals surface area contributed by atoms with Crippen LogP contribution in [0, 0.1) is 19.8 Å². The number of piperazine rings is 1. The fraction of sp³-hybridized carbons (Fsp3) is 0.647. The van der Waals surface area contributed by atoms with Crippen molar-refractivity contribution in [3.05, 3.63) is 34.9 Å². The van der Waals surface area contributed by atoms with Crippen molar-refractivity contribution in [2.45, 2.75) is 45.7 Å². The normalized spacial score (nSPS) is 28.6. The molecule has 1 unspecified atom stereocenters. The second-order valence-electron chi connectivity index (χ2n) is 6.75. The topological polar surface area (TPSA) is 15.3 Å². The molecule has 2 aliphatic rings. The summed E-state index contributed by atoms with van der Waals surface area (Å²) in [6.07, 6.45) is 2.84. The molecule has 0 spiro atoms. The van der Waals surface area contributed by atoms with Gasteiger partial charge in [0.2, 0.25) is 0 Å². The van der Waals surface area contributed by atoms with Crippen molar-refractivity contribution in [1.82, 2.24) is 10.2 Å². The molecule has 1 aliphatic heterocycles. The first-order chi connectivity index (χ1) is 9.07. The molecule has 2 heteroatoms. The molecule has 2 fully saturated rings. The monoisotopic (exact) mass is 258 g/mol. The first-order valence-corrected chi connectivity index (χ1v) is 7.60. The van der Waals surface area contributed by atoms with Crippen molar-refractivity contribution in [3.8, 4) is 0 Å². The van der Waals surface area contributed by atoms with Gasteiger partial charge in [0.1, 0.15) is 0 Å². The first-order valence-electron chi connectivity index (χ1n) is 7.60. The molecule has 1 aromatic carbocycles. The first kappa shape index (κ1) is 13.1. The molecular weight excluding hydrogens is 232 g/mol. The van der Waals surface area contributed by atoms with Crippen molar-refractivity contribution >= 4 is 0 Å². The van der Waals surface area contributed by atoms with E-state index in [1.54, 1.807) is 0 Å². The van der Waals surface area contributed by atoms with Gasteiger partial charge >= 0.3 is 0 Å². The minimum atomic E-state index is 0.359.